The molecule has 0 aromatic heterocycles. The summed E-state index contributed by atoms with van der Waals surface area (Å²) >= 11 is 0. The van der Waals surface area contributed by atoms with Crippen LogP contribution in [0.25, 0.3) is 0 Å². The van der Waals surface area contributed by atoms with Gasteiger partial charge in [-0.15, -0.1) is 6.42 Å². The summed E-state index contributed by atoms with van der Waals surface area (Å²) in [6.45, 7) is 3.98. The fourth-order valence-corrected chi connectivity index (χ4v) is 1.09. The molecule has 0 aromatic rings. The molecule has 1 aliphatic heterocycles. The third-order valence-electron chi connectivity index (χ3n) is 1.73. The molecule has 1 aliphatic rings. The number of hydrogen-bond donors (Lipinski definition) is 1. The van der Waals surface area contributed by atoms with Crippen LogP contribution in [-0.2, 0) is 4.74 Å². The Morgan fingerprint density at radius 3 is 2.73 bits per heavy atom. The van der Waals surface area contributed by atoms with Crippen LogP contribution in [0.1, 0.15) is 13.8 Å². The highest BCUT2D eigenvalue weighted by Gasteiger charge is 2.34. The van der Waals surface area contributed by atoms with Gasteiger partial charge in [-0.2, -0.15) is 0 Å². The average Bonchev–Trinajstić information content (AvgIpc) is 2.30. The minimum atomic E-state index is -0.411. The second-order valence-corrected chi connectivity index (χ2v) is 2.91. The van der Waals surface area contributed by atoms with Gasteiger partial charge in [0.15, 0.2) is 6.10 Å². The first kappa shape index (κ1) is 7.93. The molecule has 1 heterocycles. The summed E-state index contributed by atoms with van der Waals surface area (Å²) in [6, 6.07) is -0.0347. The second-order valence-electron chi connectivity index (χ2n) is 2.91. The smallest absolute Gasteiger partial charge is 0.408 e. The number of carbonyl (C=O) groups excluding carboxylic acids is 1. The first-order valence-corrected chi connectivity index (χ1v) is 3.58. The number of nitrogens with one attached hydrogen (secondary N) is 1. The van der Waals surface area contributed by atoms with Gasteiger partial charge in [0.2, 0.25) is 0 Å². The van der Waals surface area contributed by atoms with E-state index < -0.39 is 12.2 Å². The van der Waals surface area contributed by atoms with E-state index in [1.165, 1.54) is 0 Å². The van der Waals surface area contributed by atoms with Crippen LogP contribution in [0.15, 0.2) is 0 Å². The van der Waals surface area contributed by atoms with Crippen molar-refractivity contribution >= 4 is 6.09 Å². The van der Waals surface area contributed by atoms with Crippen LogP contribution >= 0.6 is 0 Å². The molecule has 2 atom stereocenters. The highest BCUT2D eigenvalue weighted by atomic mass is 16.6. The predicted molar refractivity (Wildman–Crippen MR) is 40.9 cm³/mol. The molecular weight excluding hydrogens is 142 g/mol. The summed E-state index contributed by atoms with van der Waals surface area (Å²) in [4.78, 5) is 10.7. The molecule has 60 valence electrons. The minimum Gasteiger partial charge on any atom is -0.431 e. The number of ether oxygens (including phenoxy) is 1. The molecule has 1 fully saturated rings. The van der Waals surface area contributed by atoms with Gasteiger partial charge in [-0.25, -0.2) is 4.79 Å². The summed E-state index contributed by atoms with van der Waals surface area (Å²) in [5, 5.41) is 2.65. The molecule has 1 N–H and O–H groups in total. The lowest BCUT2D eigenvalue weighted by molar-refractivity contribution is 0.153. The van der Waals surface area contributed by atoms with E-state index in [4.69, 9.17) is 11.2 Å². The molecule has 1 amide bonds. The number of hydrogen-bond acceptors (Lipinski definition) is 2. The van der Waals surface area contributed by atoms with Crippen LogP contribution < -0.4 is 5.32 Å². The molecule has 11 heavy (non-hydrogen) atoms. The van der Waals surface area contributed by atoms with Crippen LogP contribution in [0.3, 0.4) is 0 Å². The number of amides is 1. The van der Waals surface area contributed by atoms with Gasteiger partial charge in [0.25, 0.3) is 0 Å². The highest BCUT2D eigenvalue weighted by molar-refractivity contribution is 5.71. The van der Waals surface area contributed by atoms with Gasteiger partial charge in [0.1, 0.15) is 0 Å². The molecule has 0 unspecified atom stereocenters. The standard InChI is InChI=1S/C8H11NO2/c1-4-6-7(5(2)3)9-8(10)11-6/h1,5-7H,2-3H3,(H,9,10)/t6-,7-/m0/s1. The lowest BCUT2D eigenvalue weighted by atomic mass is 10.0. The molecule has 0 aliphatic carbocycles. The quantitative estimate of drug-likeness (QED) is 0.564. The Hall–Kier alpha value is -1.17. The first-order valence-electron chi connectivity index (χ1n) is 3.58. The van der Waals surface area contributed by atoms with Gasteiger partial charge in [0.05, 0.1) is 6.04 Å². The van der Waals surface area contributed by atoms with Crippen LogP contribution in [-0.4, -0.2) is 18.2 Å². The second kappa shape index (κ2) is 2.83. The largest absolute Gasteiger partial charge is 0.431 e. The maximum Gasteiger partial charge on any atom is 0.408 e. The fraction of sp³-hybridized carbons (Fsp3) is 0.625. The summed E-state index contributed by atoms with van der Waals surface area (Å²) in [5.41, 5.74) is 0. The van der Waals surface area contributed by atoms with Crippen LogP contribution in [0.5, 0.6) is 0 Å². The SMILES string of the molecule is C#C[C@@H]1OC(=O)N[C@H]1C(C)C. The van der Waals surface area contributed by atoms with Crippen molar-refractivity contribution in [3.63, 3.8) is 0 Å². The number of alkyl carbamates (subject to hydrolysis) is 1. The lowest BCUT2D eigenvalue weighted by Crippen LogP contribution is -2.35. The van der Waals surface area contributed by atoms with Crippen LogP contribution in [0.2, 0.25) is 0 Å². The lowest BCUT2D eigenvalue weighted by Gasteiger charge is -2.14. The zero-order valence-corrected chi connectivity index (χ0v) is 6.63. The van der Waals surface area contributed by atoms with Crippen molar-refractivity contribution in [1.29, 1.82) is 0 Å². The molecule has 0 aromatic carbocycles. The third-order valence-corrected chi connectivity index (χ3v) is 1.73. The number of rotatable bonds is 1. The van der Waals surface area contributed by atoms with Gasteiger partial charge < -0.3 is 10.1 Å². The Balaban J connectivity index is 2.66. The Kier molecular flexibility index (Phi) is 2.04. The van der Waals surface area contributed by atoms with Crippen molar-refractivity contribution in [1.82, 2.24) is 5.32 Å². The van der Waals surface area contributed by atoms with Crippen molar-refractivity contribution in [2.45, 2.75) is 26.0 Å². The van der Waals surface area contributed by atoms with Crippen molar-refractivity contribution in [3.05, 3.63) is 0 Å². The topological polar surface area (TPSA) is 38.3 Å². The molecule has 3 heteroatoms. The predicted octanol–water partition coefficient (Wildman–Crippen LogP) is 0.753. The summed E-state index contributed by atoms with van der Waals surface area (Å²) < 4.78 is 4.80. The van der Waals surface area contributed by atoms with Gasteiger partial charge in [-0.3, -0.25) is 0 Å². The molecular formula is C8H11NO2. The molecule has 0 bridgehead atoms. The maximum atomic E-state index is 10.7. The van der Waals surface area contributed by atoms with Crippen molar-refractivity contribution < 1.29 is 9.53 Å². The van der Waals surface area contributed by atoms with Gasteiger partial charge >= 0.3 is 6.09 Å². The van der Waals surface area contributed by atoms with Gasteiger partial charge in [0, 0.05) is 0 Å². The van der Waals surface area contributed by atoms with Crippen molar-refractivity contribution in [2.75, 3.05) is 0 Å². The van der Waals surface area contributed by atoms with Gasteiger partial charge in [-0.1, -0.05) is 19.8 Å². The third kappa shape index (κ3) is 1.45. The van der Waals surface area contributed by atoms with E-state index in [0.717, 1.165) is 0 Å². The minimum absolute atomic E-state index is 0.0347. The Labute approximate surface area is 66.1 Å². The van der Waals surface area contributed by atoms with Crippen molar-refractivity contribution in [3.8, 4) is 12.3 Å². The van der Waals surface area contributed by atoms with E-state index in [2.05, 4.69) is 11.2 Å². The normalized spacial score (nSPS) is 29.5. The van der Waals surface area contributed by atoms with Crippen molar-refractivity contribution in [2.24, 2.45) is 5.92 Å². The van der Waals surface area contributed by atoms with Crippen LogP contribution in [0, 0.1) is 18.3 Å². The molecule has 1 rings (SSSR count). The monoisotopic (exact) mass is 153 g/mol. The highest BCUT2D eigenvalue weighted by Crippen LogP contribution is 2.15. The van der Waals surface area contributed by atoms with E-state index in [1.54, 1.807) is 0 Å². The van der Waals surface area contributed by atoms with E-state index in [1.807, 2.05) is 13.8 Å². The Morgan fingerprint density at radius 1 is 1.73 bits per heavy atom. The zero-order valence-electron chi connectivity index (χ0n) is 6.63. The van der Waals surface area contributed by atoms with E-state index in [0.29, 0.717) is 5.92 Å². The zero-order chi connectivity index (χ0) is 8.43. The average molecular weight is 153 g/mol. The number of cyclic esters (lactones) is 1. The summed E-state index contributed by atoms with van der Waals surface area (Å²) in [7, 11) is 0. The van der Waals surface area contributed by atoms with Crippen LogP contribution in [0.4, 0.5) is 4.79 Å². The molecule has 0 saturated carbocycles. The Bertz CT molecular complexity index is 205. The van der Waals surface area contributed by atoms with E-state index in [-0.39, 0.29) is 6.04 Å². The summed E-state index contributed by atoms with van der Waals surface area (Å²) in [6.07, 6.45) is 4.35. The van der Waals surface area contributed by atoms with E-state index >= 15 is 0 Å². The fourth-order valence-electron chi connectivity index (χ4n) is 1.09. The summed E-state index contributed by atoms with van der Waals surface area (Å²) in [5.74, 6) is 2.73. The first-order chi connectivity index (χ1) is 5.15. The number of carbonyl (C=O) groups is 1. The maximum absolute atomic E-state index is 10.7. The van der Waals surface area contributed by atoms with Gasteiger partial charge in [-0.05, 0) is 5.92 Å². The van der Waals surface area contributed by atoms with E-state index in [9.17, 15) is 4.79 Å². The molecule has 0 radical (unpaired) electrons. The molecule has 3 nitrogen and oxygen atoms in total. The molecule has 0 spiro atoms. The number of terminal acetylenes is 1. The Morgan fingerprint density at radius 2 is 2.36 bits per heavy atom. The molecule has 1 saturated heterocycles.